The van der Waals surface area contributed by atoms with Crippen molar-refractivity contribution in [3.05, 3.63) is 62.9 Å². The second kappa shape index (κ2) is 6.82. The molecule has 0 atom stereocenters. The van der Waals surface area contributed by atoms with Crippen molar-refractivity contribution in [2.45, 2.75) is 6.54 Å². The lowest BCUT2D eigenvalue weighted by Crippen LogP contribution is -2.12. The maximum absolute atomic E-state index is 14.0. The molecule has 1 aromatic carbocycles. The van der Waals surface area contributed by atoms with Crippen molar-refractivity contribution in [3.63, 3.8) is 0 Å². The first-order valence-corrected chi connectivity index (χ1v) is 8.30. The highest BCUT2D eigenvalue weighted by atomic mass is 19.1. The van der Waals surface area contributed by atoms with Gasteiger partial charge in [0.25, 0.3) is 5.56 Å². The zero-order valence-corrected chi connectivity index (χ0v) is 14.7. The minimum atomic E-state index is -1.02. The Morgan fingerprint density at radius 2 is 2.21 bits per heavy atom. The molecule has 0 fully saturated rings. The SMILES string of the molecule is COCCn1cc(-c2nc3cc(F)c([N+](=O)[O-])cc3[nH]c2=O)c2cccnc21. The predicted octanol–water partition coefficient (Wildman–Crippen LogP) is 2.63. The van der Waals surface area contributed by atoms with E-state index in [0.29, 0.717) is 29.7 Å². The van der Waals surface area contributed by atoms with E-state index in [1.165, 1.54) is 0 Å². The zero-order chi connectivity index (χ0) is 19.8. The number of hydrogen-bond donors (Lipinski definition) is 1. The summed E-state index contributed by atoms with van der Waals surface area (Å²) in [6, 6.07) is 5.45. The number of nitrogens with one attached hydrogen (secondary N) is 1. The number of aromatic nitrogens is 4. The molecule has 0 radical (unpaired) electrons. The number of pyridine rings is 1. The fraction of sp³-hybridized carbons (Fsp3) is 0.167. The number of nitrogens with zero attached hydrogens (tertiary/aromatic N) is 4. The van der Waals surface area contributed by atoms with Crippen LogP contribution in [0.5, 0.6) is 0 Å². The van der Waals surface area contributed by atoms with Crippen LogP contribution in [-0.4, -0.2) is 38.2 Å². The van der Waals surface area contributed by atoms with Crippen molar-refractivity contribution in [2.75, 3.05) is 13.7 Å². The number of ether oxygens (including phenoxy) is 1. The van der Waals surface area contributed by atoms with E-state index in [0.717, 1.165) is 12.1 Å². The zero-order valence-electron chi connectivity index (χ0n) is 14.7. The molecule has 9 nitrogen and oxygen atoms in total. The highest BCUT2D eigenvalue weighted by Gasteiger charge is 2.19. The smallest absolute Gasteiger partial charge is 0.307 e. The van der Waals surface area contributed by atoms with Crippen LogP contribution >= 0.6 is 0 Å². The molecular weight excluding hydrogens is 369 g/mol. The van der Waals surface area contributed by atoms with Gasteiger partial charge in [-0.25, -0.2) is 9.97 Å². The lowest BCUT2D eigenvalue weighted by Gasteiger charge is -2.03. The van der Waals surface area contributed by atoms with Gasteiger partial charge in [0, 0.05) is 49.1 Å². The highest BCUT2D eigenvalue weighted by molar-refractivity contribution is 5.94. The molecule has 1 N–H and O–H groups in total. The van der Waals surface area contributed by atoms with Crippen molar-refractivity contribution in [3.8, 4) is 11.3 Å². The Morgan fingerprint density at radius 3 is 2.96 bits per heavy atom. The first-order valence-electron chi connectivity index (χ1n) is 8.30. The van der Waals surface area contributed by atoms with E-state index in [1.807, 2.05) is 10.6 Å². The van der Waals surface area contributed by atoms with Crippen LogP contribution in [0.2, 0.25) is 0 Å². The fourth-order valence-electron chi connectivity index (χ4n) is 3.09. The third-order valence-electron chi connectivity index (χ3n) is 4.38. The summed E-state index contributed by atoms with van der Waals surface area (Å²) in [7, 11) is 1.59. The van der Waals surface area contributed by atoms with Gasteiger partial charge in [-0.05, 0) is 12.1 Å². The molecule has 0 aliphatic heterocycles. The molecule has 0 unspecified atom stereocenters. The van der Waals surface area contributed by atoms with E-state index < -0.39 is 22.0 Å². The normalized spacial score (nSPS) is 11.4. The molecule has 3 aromatic heterocycles. The molecule has 4 aromatic rings. The molecule has 0 aliphatic carbocycles. The van der Waals surface area contributed by atoms with Gasteiger partial charge >= 0.3 is 5.69 Å². The molecule has 28 heavy (non-hydrogen) atoms. The molecule has 10 heteroatoms. The lowest BCUT2D eigenvalue weighted by molar-refractivity contribution is -0.387. The molecule has 0 amide bonds. The van der Waals surface area contributed by atoms with E-state index in [4.69, 9.17) is 4.74 Å². The minimum absolute atomic E-state index is 0.0786. The summed E-state index contributed by atoms with van der Waals surface area (Å²) in [5, 5.41) is 11.6. The summed E-state index contributed by atoms with van der Waals surface area (Å²) in [6.07, 6.45) is 3.38. The monoisotopic (exact) mass is 383 g/mol. The average Bonchev–Trinajstić information content (AvgIpc) is 3.04. The number of rotatable bonds is 5. The van der Waals surface area contributed by atoms with Crippen molar-refractivity contribution in [2.24, 2.45) is 0 Å². The van der Waals surface area contributed by atoms with Gasteiger partial charge < -0.3 is 14.3 Å². The first kappa shape index (κ1) is 17.7. The summed E-state index contributed by atoms with van der Waals surface area (Å²) in [5.74, 6) is -1.02. The summed E-state index contributed by atoms with van der Waals surface area (Å²) in [6.45, 7) is 0.979. The number of benzene rings is 1. The quantitative estimate of drug-likeness (QED) is 0.418. The van der Waals surface area contributed by atoms with Gasteiger partial charge in [-0.15, -0.1) is 0 Å². The number of fused-ring (bicyclic) bond motifs is 2. The molecule has 3 heterocycles. The third kappa shape index (κ3) is 2.89. The number of H-pyrrole nitrogens is 1. The number of nitro benzene ring substituents is 1. The van der Waals surface area contributed by atoms with E-state index in [9.17, 15) is 19.3 Å². The predicted molar refractivity (Wildman–Crippen MR) is 99.6 cm³/mol. The second-order valence-corrected chi connectivity index (χ2v) is 6.10. The summed E-state index contributed by atoms with van der Waals surface area (Å²) in [5.41, 5.74) is 0.199. The van der Waals surface area contributed by atoms with Crippen molar-refractivity contribution in [1.29, 1.82) is 0 Å². The minimum Gasteiger partial charge on any atom is -0.383 e. The Kier molecular flexibility index (Phi) is 4.32. The Balaban J connectivity index is 1.94. The molecular formula is C18H14FN5O4. The molecule has 0 bridgehead atoms. The van der Waals surface area contributed by atoms with Gasteiger partial charge in [-0.1, -0.05) is 0 Å². The molecule has 0 saturated carbocycles. The maximum Gasteiger partial charge on any atom is 0.307 e. The fourth-order valence-corrected chi connectivity index (χ4v) is 3.09. The molecule has 0 aliphatic rings. The van der Waals surface area contributed by atoms with Gasteiger partial charge in [0.2, 0.25) is 5.82 Å². The third-order valence-corrected chi connectivity index (χ3v) is 4.38. The van der Waals surface area contributed by atoms with Crippen LogP contribution in [0.15, 0.2) is 41.5 Å². The van der Waals surface area contributed by atoms with E-state index >= 15 is 0 Å². The van der Waals surface area contributed by atoms with Gasteiger partial charge in [0.15, 0.2) is 0 Å². The molecule has 142 valence electrons. The van der Waals surface area contributed by atoms with E-state index in [1.54, 1.807) is 25.6 Å². The van der Waals surface area contributed by atoms with Crippen LogP contribution in [0.1, 0.15) is 0 Å². The molecule has 0 spiro atoms. The second-order valence-electron chi connectivity index (χ2n) is 6.10. The highest BCUT2D eigenvalue weighted by Crippen LogP contribution is 2.28. The Bertz CT molecular complexity index is 1280. The average molecular weight is 383 g/mol. The van der Waals surface area contributed by atoms with Crippen molar-refractivity contribution >= 4 is 27.8 Å². The number of hydrogen-bond acceptors (Lipinski definition) is 6. The van der Waals surface area contributed by atoms with Gasteiger partial charge in [0.05, 0.1) is 22.6 Å². The summed E-state index contributed by atoms with van der Waals surface area (Å²) >= 11 is 0. The standard InChI is InChI=1S/C18H14FN5O4/c1-28-6-5-23-9-11(10-3-2-4-20-17(10)23)16-18(25)22-14-8-15(24(26)27)12(19)7-13(14)21-16/h2-4,7-9H,5-6H2,1H3,(H,22,25). The Morgan fingerprint density at radius 1 is 1.39 bits per heavy atom. The Labute approximate surface area is 156 Å². The number of aromatic amines is 1. The topological polar surface area (TPSA) is 116 Å². The lowest BCUT2D eigenvalue weighted by atomic mass is 10.1. The maximum atomic E-state index is 14.0. The number of nitro groups is 1. The van der Waals surface area contributed by atoms with Gasteiger partial charge in [-0.2, -0.15) is 4.39 Å². The van der Waals surface area contributed by atoms with Crippen LogP contribution in [0.3, 0.4) is 0 Å². The molecule has 0 saturated heterocycles. The van der Waals surface area contributed by atoms with Gasteiger partial charge in [0.1, 0.15) is 11.3 Å². The van der Waals surface area contributed by atoms with Crippen LogP contribution in [-0.2, 0) is 11.3 Å². The summed E-state index contributed by atoms with van der Waals surface area (Å²) in [4.78, 5) is 33.9. The van der Waals surface area contributed by atoms with Crippen molar-refractivity contribution < 1.29 is 14.1 Å². The first-order chi connectivity index (χ1) is 13.5. The summed E-state index contributed by atoms with van der Waals surface area (Å²) < 4.78 is 20.9. The van der Waals surface area contributed by atoms with Crippen LogP contribution in [0, 0.1) is 15.9 Å². The largest absolute Gasteiger partial charge is 0.383 e. The number of methoxy groups -OCH3 is 1. The molecule has 4 rings (SSSR count). The van der Waals surface area contributed by atoms with E-state index in [2.05, 4.69) is 15.0 Å². The van der Waals surface area contributed by atoms with E-state index in [-0.39, 0.29) is 16.7 Å². The van der Waals surface area contributed by atoms with Gasteiger partial charge in [-0.3, -0.25) is 14.9 Å². The van der Waals surface area contributed by atoms with Crippen molar-refractivity contribution in [1.82, 2.24) is 19.5 Å². The Hall–Kier alpha value is -3.66. The van der Waals surface area contributed by atoms with Crippen LogP contribution < -0.4 is 5.56 Å². The number of halogens is 1. The van der Waals surface area contributed by atoms with Crippen LogP contribution in [0.4, 0.5) is 10.1 Å². The van der Waals surface area contributed by atoms with Crippen LogP contribution in [0.25, 0.3) is 33.3 Å².